The highest BCUT2D eigenvalue weighted by Crippen LogP contribution is 2.33. The molecule has 3 nitrogen and oxygen atoms in total. The van der Waals surface area contributed by atoms with Crippen molar-refractivity contribution in [3.05, 3.63) is 40.9 Å². The molecule has 0 aliphatic carbocycles. The highest BCUT2D eigenvalue weighted by molar-refractivity contribution is 6.30. The van der Waals surface area contributed by atoms with E-state index in [0.29, 0.717) is 31.1 Å². The second-order valence-electron chi connectivity index (χ2n) is 4.29. The van der Waals surface area contributed by atoms with Gasteiger partial charge in [0.1, 0.15) is 5.75 Å². The van der Waals surface area contributed by atoms with E-state index in [9.17, 15) is 4.79 Å². The minimum absolute atomic E-state index is 0.122. The molecule has 1 heterocycles. The molecule has 0 spiro atoms. The van der Waals surface area contributed by atoms with Gasteiger partial charge in [0.25, 0.3) is 0 Å². The highest BCUT2D eigenvalue weighted by Gasteiger charge is 2.19. The average molecular weight is 266 g/mol. The van der Waals surface area contributed by atoms with Crippen molar-refractivity contribution in [2.75, 3.05) is 19.7 Å². The lowest BCUT2D eigenvalue weighted by Crippen LogP contribution is -2.24. The fourth-order valence-electron chi connectivity index (χ4n) is 2.07. The first-order valence-electron chi connectivity index (χ1n) is 5.98. The van der Waals surface area contributed by atoms with Gasteiger partial charge in [0.05, 0.1) is 13.2 Å². The molecule has 0 radical (unpaired) electrons. The van der Waals surface area contributed by atoms with Crippen LogP contribution >= 0.6 is 11.6 Å². The first-order chi connectivity index (χ1) is 8.70. The molecule has 96 valence electrons. The van der Waals surface area contributed by atoms with Crippen LogP contribution in [0, 0.1) is 0 Å². The van der Waals surface area contributed by atoms with Crippen molar-refractivity contribution in [1.82, 2.24) is 5.32 Å². The van der Waals surface area contributed by atoms with Gasteiger partial charge in [-0.2, -0.15) is 0 Å². The van der Waals surface area contributed by atoms with Gasteiger partial charge in [-0.3, -0.25) is 4.79 Å². The van der Waals surface area contributed by atoms with Crippen molar-refractivity contribution < 1.29 is 9.53 Å². The van der Waals surface area contributed by atoms with Gasteiger partial charge < -0.3 is 10.1 Å². The summed E-state index contributed by atoms with van der Waals surface area (Å²) in [7, 11) is 0. The molecule has 0 amide bonds. The van der Waals surface area contributed by atoms with E-state index in [1.807, 2.05) is 12.1 Å². The van der Waals surface area contributed by atoms with Crippen molar-refractivity contribution >= 4 is 17.4 Å². The van der Waals surface area contributed by atoms with Crippen LogP contribution in [-0.4, -0.2) is 25.5 Å². The molecular formula is C14H16ClNO2. The van der Waals surface area contributed by atoms with Crippen LogP contribution < -0.4 is 10.1 Å². The molecule has 1 aromatic rings. The number of fused-ring (bicyclic) bond motifs is 1. The average Bonchev–Trinajstić information content (AvgIpc) is 2.77. The number of carbonyl (C=O) groups excluding carboxylic acids is 1. The first-order valence-corrected chi connectivity index (χ1v) is 6.36. The lowest BCUT2D eigenvalue weighted by atomic mass is 10.0. The Balaban J connectivity index is 2.05. The monoisotopic (exact) mass is 265 g/mol. The molecule has 4 heteroatoms. The molecule has 1 aliphatic rings. The van der Waals surface area contributed by atoms with Crippen LogP contribution in [0.5, 0.6) is 5.75 Å². The molecule has 0 saturated heterocycles. The molecule has 0 atom stereocenters. The van der Waals surface area contributed by atoms with Gasteiger partial charge in [-0.15, -0.1) is 6.58 Å². The predicted molar refractivity (Wildman–Crippen MR) is 72.4 cm³/mol. The Hall–Kier alpha value is -1.32. The van der Waals surface area contributed by atoms with Gasteiger partial charge in [-0.05, 0) is 17.7 Å². The quantitative estimate of drug-likeness (QED) is 0.633. The zero-order valence-corrected chi connectivity index (χ0v) is 10.9. The van der Waals surface area contributed by atoms with E-state index in [1.165, 1.54) is 0 Å². The number of nitrogens with one attached hydrogen (secondary N) is 1. The number of Topliss-reactive ketones (excluding diaryl/α,β-unsaturated/α-hetero) is 1. The fourth-order valence-corrected chi connectivity index (χ4v) is 2.33. The third-order valence-corrected chi connectivity index (χ3v) is 3.04. The molecule has 2 rings (SSSR count). The maximum atomic E-state index is 11.8. The summed E-state index contributed by atoms with van der Waals surface area (Å²) in [6.45, 7) is 5.24. The summed E-state index contributed by atoms with van der Waals surface area (Å²) in [6, 6.07) is 3.73. The molecule has 18 heavy (non-hydrogen) atoms. The number of hydrogen-bond donors (Lipinski definition) is 1. The number of hydrogen-bond acceptors (Lipinski definition) is 3. The zero-order valence-electron chi connectivity index (χ0n) is 10.2. The van der Waals surface area contributed by atoms with E-state index >= 15 is 0 Å². The predicted octanol–water partition coefficient (Wildman–Crippen LogP) is 2.16. The van der Waals surface area contributed by atoms with E-state index in [-0.39, 0.29) is 5.78 Å². The minimum atomic E-state index is 0.122. The Labute approximate surface area is 112 Å². The molecule has 0 aromatic heterocycles. The number of benzene rings is 1. The van der Waals surface area contributed by atoms with Gasteiger partial charge in [0, 0.05) is 30.0 Å². The minimum Gasteiger partial charge on any atom is -0.493 e. The Morgan fingerprint density at radius 2 is 2.39 bits per heavy atom. The van der Waals surface area contributed by atoms with Gasteiger partial charge in [-0.25, -0.2) is 0 Å². The molecule has 1 N–H and O–H groups in total. The number of halogens is 1. The van der Waals surface area contributed by atoms with Gasteiger partial charge in [0.2, 0.25) is 0 Å². The second kappa shape index (κ2) is 6.03. The standard InChI is InChI=1S/C14H16ClNO2/c1-2-4-16-9-13(17)8-11-7-12(15)6-10-3-5-18-14(10)11/h2,6-7,16H,1,3-5,8-9H2. The van der Waals surface area contributed by atoms with Crippen molar-refractivity contribution in [3.8, 4) is 5.75 Å². The van der Waals surface area contributed by atoms with Gasteiger partial charge in [0.15, 0.2) is 5.78 Å². The van der Waals surface area contributed by atoms with E-state index in [0.717, 1.165) is 23.3 Å². The van der Waals surface area contributed by atoms with Crippen LogP contribution in [0.2, 0.25) is 5.02 Å². The summed E-state index contributed by atoms with van der Waals surface area (Å²) in [4.78, 5) is 11.8. The van der Waals surface area contributed by atoms with Crippen LogP contribution in [0.3, 0.4) is 0 Å². The maximum absolute atomic E-state index is 11.8. The van der Waals surface area contributed by atoms with Crippen LogP contribution in [0.1, 0.15) is 11.1 Å². The van der Waals surface area contributed by atoms with Crippen molar-refractivity contribution in [2.45, 2.75) is 12.8 Å². The van der Waals surface area contributed by atoms with E-state index in [2.05, 4.69) is 11.9 Å². The van der Waals surface area contributed by atoms with Gasteiger partial charge in [-0.1, -0.05) is 17.7 Å². The molecule has 1 aliphatic heterocycles. The Morgan fingerprint density at radius 3 is 3.17 bits per heavy atom. The fraction of sp³-hybridized carbons (Fsp3) is 0.357. The first kappa shape index (κ1) is 13.1. The molecule has 0 fully saturated rings. The van der Waals surface area contributed by atoms with Crippen LogP contribution in [0.25, 0.3) is 0 Å². The lowest BCUT2D eigenvalue weighted by Gasteiger charge is -2.08. The molecule has 1 aromatic carbocycles. The van der Waals surface area contributed by atoms with Crippen molar-refractivity contribution in [1.29, 1.82) is 0 Å². The van der Waals surface area contributed by atoms with Crippen molar-refractivity contribution in [2.24, 2.45) is 0 Å². The number of ether oxygens (including phenoxy) is 1. The van der Waals surface area contributed by atoms with E-state index in [1.54, 1.807) is 6.08 Å². The number of rotatable bonds is 6. The van der Waals surface area contributed by atoms with Crippen molar-refractivity contribution in [3.63, 3.8) is 0 Å². The highest BCUT2D eigenvalue weighted by atomic mass is 35.5. The lowest BCUT2D eigenvalue weighted by molar-refractivity contribution is -0.117. The largest absolute Gasteiger partial charge is 0.493 e. The summed E-state index contributed by atoms with van der Waals surface area (Å²) in [5.41, 5.74) is 1.99. The Bertz CT molecular complexity index is 471. The molecule has 0 unspecified atom stereocenters. The molecular weight excluding hydrogens is 250 g/mol. The summed E-state index contributed by atoms with van der Waals surface area (Å²) in [5.74, 6) is 0.966. The van der Waals surface area contributed by atoms with Gasteiger partial charge >= 0.3 is 0 Å². The summed E-state index contributed by atoms with van der Waals surface area (Å²) >= 11 is 6.04. The third-order valence-electron chi connectivity index (χ3n) is 2.82. The Morgan fingerprint density at radius 1 is 1.56 bits per heavy atom. The third kappa shape index (κ3) is 3.12. The summed E-state index contributed by atoms with van der Waals surface area (Å²) in [5, 5.41) is 3.66. The topological polar surface area (TPSA) is 38.3 Å². The summed E-state index contributed by atoms with van der Waals surface area (Å²) < 4.78 is 5.56. The number of carbonyl (C=O) groups is 1. The molecule has 0 saturated carbocycles. The smallest absolute Gasteiger partial charge is 0.151 e. The normalized spacial score (nSPS) is 12.9. The zero-order chi connectivity index (χ0) is 13.0. The SMILES string of the molecule is C=CCNCC(=O)Cc1cc(Cl)cc2c1OCC2. The summed E-state index contributed by atoms with van der Waals surface area (Å²) in [6.07, 6.45) is 2.95. The maximum Gasteiger partial charge on any atom is 0.151 e. The molecule has 0 bridgehead atoms. The number of ketones is 1. The van der Waals surface area contributed by atoms with Crippen LogP contribution in [0.15, 0.2) is 24.8 Å². The Kier molecular flexibility index (Phi) is 4.39. The van der Waals surface area contributed by atoms with Crippen LogP contribution in [-0.2, 0) is 17.6 Å². The van der Waals surface area contributed by atoms with Crippen LogP contribution in [0.4, 0.5) is 0 Å². The van der Waals surface area contributed by atoms with E-state index in [4.69, 9.17) is 16.3 Å². The second-order valence-corrected chi connectivity index (χ2v) is 4.72. The van der Waals surface area contributed by atoms with E-state index < -0.39 is 0 Å².